The molecule has 1 aromatic rings. The lowest BCUT2D eigenvalue weighted by Gasteiger charge is -2.23. The van der Waals surface area contributed by atoms with Gasteiger partial charge in [0.2, 0.25) is 11.8 Å². The molecular weight excluding hydrogens is 262 g/mol. The smallest absolute Gasteiger partial charge is 0.238 e. The van der Waals surface area contributed by atoms with Crippen molar-refractivity contribution >= 4 is 17.5 Å². The van der Waals surface area contributed by atoms with Crippen LogP contribution in [0.4, 0.5) is 5.69 Å². The van der Waals surface area contributed by atoms with Crippen LogP contribution in [0.15, 0.2) is 29.3 Å². The van der Waals surface area contributed by atoms with Gasteiger partial charge in [-0.15, -0.1) is 0 Å². The largest absolute Gasteiger partial charge is 0.274 e. The van der Waals surface area contributed by atoms with Crippen LogP contribution < -0.4 is 4.90 Å². The second-order valence-electron chi connectivity index (χ2n) is 6.41. The van der Waals surface area contributed by atoms with Crippen molar-refractivity contribution in [1.29, 1.82) is 0 Å². The Morgan fingerprint density at radius 2 is 1.43 bits per heavy atom. The van der Waals surface area contributed by atoms with Crippen LogP contribution in [0.2, 0.25) is 0 Å². The third-order valence-electron chi connectivity index (χ3n) is 5.16. The standard InChI is InChI=1S/C18H21NO2/c1-10-6-5-7-16(13(10)4)19-17(20)14-8-11(2)12(3)9-15(14)18(19)21/h5-7,14-15H,8-9H2,1-4H3/t14-,15-/m1/s1. The number of benzene rings is 1. The van der Waals surface area contributed by atoms with Crippen LogP contribution in [0.3, 0.4) is 0 Å². The molecule has 3 rings (SSSR count). The van der Waals surface area contributed by atoms with Gasteiger partial charge < -0.3 is 0 Å². The van der Waals surface area contributed by atoms with Crippen LogP contribution in [0.1, 0.15) is 37.8 Å². The van der Waals surface area contributed by atoms with Crippen molar-refractivity contribution in [2.75, 3.05) is 4.90 Å². The van der Waals surface area contributed by atoms with Gasteiger partial charge >= 0.3 is 0 Å². The van der Waals surface area contributed by atoms with Gasteiger partial charge in [-0.2, -0.15) is 0 Å². The molecule has 3 nitrogen and oxygen atoms in total. The number of rotatable bonds is 1. The van der Waals surface area contributed by atoms with Crippen molar-refractivity contribution in [1.82, 2.24) is 0 Å². The van der Waals surface area contributed by atoms with E-state index < -0.39 is 0 Å². The van der Waals surface area contributed by atoms with Gasteiger partial charge in [-0.1, -0.05) is 23.3 Å². The van der Waals surface area contributed by atoms with E-state index in [2.05, 4.69) is 13.8 Å². The highest BCUT2D eigenvalue weighted by atomic mass is 16.2. The normalized spacial score (nSPS) is 25.6. The Morgan fingerprint density at radius 3 is 1.95 bits per heavy atom. The quantitative estimate of drug-likeness (QED) is 0.584. The number of hydrogen-bond acceptors (Lipinski definition) is 2. The summed E-state index contributed by atoms with van der Waals surface area (Å²) in [5.74, 6) is -0.377. The van der Waals surface area contributed by atoms with Gasteiger partial charge in [0.15, 0.2) is 0 Å². The topological polar surface area (TPSA) is 37.4 Å². The summed E-state index contributed by atoms with van der Waals surface area (Å²) in [6.45, 7) is 8.13. The van der Waals surface area contributed by atoms with E-state index in [-0.39, 0.29) is 23.7 Å². The number of fused-ring (bicyclic) bond motifs is 1. The van der Waals surface area contributed by atoms with Crippen molar-refractivity contribution in [2.24, 2.45) is 11.8 Å². The second-order valence-corrected chi connectivity index (χ2v) is 6.41. The Labute approximate surface area is 125 Å². The Morgan fingerprint density at radius 1 is 0.905 bits per heavy atom. The molecular formula is C18H21NO2. The van der Waals surface area contributed by atoms with Crippen molar-refractivity contribution < 1.29 is 9.59 Å². The van der Waals surface area contributed by atoms with Crippen molar-refractivity contribution in [3.8, 4) is 0 Å². The molecule has 0 bridgehead atoms. The Kier molecular flexibility index (Phi) is 3.23. The molecule has 21 heavy (non-hydrogen) atoms. The number of carbonyl (C=O) groups is 2. The molecule has 1 saturated heterocycles. The zero-order valence-corrected chi connectivity index (χ0v) is 13.1. The molecule has 1 fully saturated rings. The number of aryl methyl sites for hydroxylation is 1. The highest BCUT2D eigenvalue weighted by Crippen LogP contribution is 2.42. The van der Waals surface area contributed by atoms with Crippen LogP contribution >= 0.6 is 0 Å². The highest BCUT2D eigenvalue weighted by Gasteiger charge is 2.49. The maximum atomic E-state index is 12.7. The summed E-state index contributed by atoms with van der Waals surface area (Å²) in [5.41, 5.74) is 5.41. The van der Waals surface area contributed by atoms with Gasteiger partial charge in [-0.05, 0) is 57.7 Å². The van der Waals surface area contributed by atoms with Crippen LogP contribution in [0.5, 0.6) is 0 Å². The lowest BCUT2D eigenvalue weighted by Crippen LogP contribution is -2.31. The lowest BCUT2D eigenvalue weighted by molar-refractivity contribution is -0.122. The average Bonchev–Trinajstić information content (AvgIpc) is 2.67. The zero-order valence-electron chi connectivity index (χ0n) is 13.1. The molecule has 110 valence electrons. The molecule has 0 saturated carbocycles. The van der Waals surface area contributed by atoms with Crippen LogP contribution in [0, 0.1) is 25.7 Å². The third-order valence-corrected chi connectivity index (χ3v) is 5.16. The van der Waals surface area contributed by atoms with Crippen molar-refractivity contribution in [3.05, 3.63) is 40.5 Å². The van der Waals surface area contributed by atoms with Crippen LogP contribution in [0.25, 0.3) is 0 Å². The van der Waals surface area contributed by atoms with Gasteiger partial charge in [0.05, 0.1) is 17.5 Å². The number of nitrogens with zero attached hydrogens (tertiary/aromatic N) is 1. The number of hydrogen-bond donors (Lipinski definition) is 0. The fourth-order valence-corrected chi connectivity index (χ4v) is 3.47. The molecule has 2 atom stereocenters. The molecule has 0 radical (unpaired) electrons. The van der Waals surface area contributed by atoms with Crippen molar-refractivity contribution in [2.45, 2.75) is 40.5 Å². The molecule has 1 aromatic carbocycles. The van der Waals surface area contributed by atoms with Gasteiger partial charge in [-0.25, -0.2) is 4.90 Å². The average molecular weight is 283 g/mol. The van der Waals surface area contributed by atoms with E-state index in [1.165, 1.54) is 16.0 Å². The summed E-state index contributed by atoms with van der Waals surface area (Å²) in [6, 6.07) is 5.80. The summed E-state index contributed by atoms with van der Waals surface area (Å²) in [6.07, 6.45) is 1.45. The van der Waals surface area contributed by atoms with Crippen LogP contribution in [-0.2, 0) is 9.59 Å². The van der Waals surface area contributed by atoms with E-state index in [0.717, 1.165) is 29.7 Å². The highest BCUT2D eigenvalue weighted by molar-refractivity contribution is 6.22. The maximum Gasteiger partial charge on any atom is 0.238 e. The Bertz CT molecular complexity index is 640. The van der Waals surface area contributed by atoms with E-state index >= 15 is 0 Å². The lowest BCUT2D eigenvalue weighted by atomic mass is 9.78. The Hall–Kier alpha value is -1.90. The molecule has 0 spiro atoms. The number of allylic oxidation sites excluding steroid dienone is 2. The van der Waals surface area contributed by atoms with E-state index in [4.69, 9.17) is 0 Å². The molecule has 0 unspecified atom stereocenters. The van der Waals surface area contributed by atoms with E-state index in [0.29, 0.717) is 0 Å². The fraction of sp³-hybridized carbons (Fsp3) is 0.444. The SMILES string of the molecule is CC1=C(C)C[C@H]2C(=O)N(c3cccc(C)c3C)C(=O)[C@@H]2C1. The minimum Gasteiger partial charge on any atom is -0.274 e. The predicted molar refractivity (Wildman–Crippen MR) is 83.0 cm³/mol. The molecule has 0 N–H and O–H groups in total. The molecule has 1 heterocycles. The van der Waals surface area contributed by atoms with Gasteiger partial charge in [0.25, 0.3) is 0 Å². The summed E-state index contributed by atoms with van der Waals surface area (Å²) in [5, 5.41) is 0. The van der Waals surface area contributed by atoms with Gasteiger partial charge in [0.1, 0.15) is 0 Å². The first-order chi connectivity index (χ1) is 9.91. The number of imide groups is 1. The molecule has 0 aromatic heterocycles. The summed E-state index contributed by atoms with van der Waals surface area (Å²) in [4.78, 5) is 26.9. The third kappa shape index (κ3) is 2.03. The molecule has 3 heteroatoms. The zero-order chi connectivity index (χ0) is 15.3. The van der Waals surface area contributed by atoms with E-state index in [9.17, 15) is 9.59 Å². The molecule has 2 aliphatic rings. The second kappa shape index (κ2) is 4.83. The predicted octanol–water partition coefficient (Wildman–Crippen LogP) is 3.54. The number of anilines is 1. The summed E-state index contributed by atoms with van der Waals surface area (Å²) < 4.78 is 0. The molecule has 2 amide bonds. The minimum absolute atomic E-state index is 0.0226. The van der Waals surface area contributed by atoms with Gasteiger partial charge in [0, 0.05) is 0 Å². The summed E-state index contributed by atoms with van der Waals surface area (Å²) in [7, 11) is 0. The number of carbonyl (C=O) groups excluding carboxylic acids is 2. The molecule has 1 aliphatic carbocycles. The summed E-state index contributed by atoms with van der Waals surface area (Å²) >= 11 is 0. The van der Waals surface area contributed by atoms with E-state index in [1.807, 2.05) is 32.0 Å². The first kappa shape index (κ1) is 14.1. The maximum absolute atomic E-state index is 12.7. The minimum atomic E-state index is -0.166. The van der Waals surface area contributed by atoms with E-state index in [1.54, 1.807) is 0 Å². The van der Waals surface area contributed by atoms with Crippen LogP contribution in [-0.4, -0.2) is 11.8 Å². The molecule has 1 aliphatic heterocycles. The van der Waals surface area contributed by atoms with Crippen molar-refractivity contribution in [3.63, 3.8) is 0 Å². The first-order valence-corrected chi connectivity index (χ1v) is 7.51. The fourth-order valence-electron chi connectivity index (χ4n) is 3.47. The number of amides is 2. The first-order valence-electron chi connectivity index (χ1n) is 7.51. The monoisotopic (exact) mass is 283 g/mol. The Balaban J connectivity index is 2.02. The van der Waals surface area contributed by atoms with Gasteiger partial charge in [-0.3, -0.25) is 9.59 Å².